The van der Waals surface area contributed by atoms with Gasteiger partial charge in [-0.1, -0.05) is 0 Å². The molecule has 2 rings (SSSR count). The molecular formula is C12H16F3N5O. The Morgan fingerprint density at radius 3 is 2.76 bits per heavy atom. The lowest BCUT2D eigenvalue weighted by Crippen LogP contribution is -2.11. The fraction of sp³-hybridized carbons (Fsp3) is 0.500. The quantitative estimate of drug-likeness (QED) is 0.885. The molecule has 0 unspecified atom stereocenters. The third kappa shape index (κ3) is 3.97. The van der Waals surface area contributed by atoms with Crippen molar-refractivity contribution in [2.45, 2.75) is 19.3 Å². The topological polar surface area (TPSA) is 56.9 Å². The Labute approximate surface area is 119 Å². The number of aromatic nitrogens is 4. The van der Waals surface area contributed by atoms with Crippen LogP contribution in [0.25, 0.3) is 0 Å². The van der Waals surface area contributed by atoms with Crippen LogP contribution >= 0.6 is 0 Å². The minimum absolute atomic E-state index is 0.175. The first-order chi connectivity index (χ1) is 9.90. The second kappa shape index (κ2) is 6.17. The van der Waals surface area contributed by atoms with Gasteiger partial charge in [-0.15, -0.1) is 0 Å². The summed E-state index contributed by atoms with van der Waals surface area (Å²) in [5.74, 6) is 0.175. The standard InChI is InChI=1S/C12H16F3N5O/c1-19-10(12(13,14)15)5-11(18-19)16-6-9-7-17-20(8-9)3-4-21-2/h5,7-8H,3-4,6H2,1-2H3,(H,16,18). The molecule has 9 heteroatoms. The predicted octanol–water partition coefficient (Wildman–Crippen LogP) is 1.89. The van der Waals surface area contributed by atoms with E-state index in [1.165, 1.54) is 7.05 Å². The second-order valence-corrected chi connectivity index (χ2v) is 4.49. The van der Waals surface area contributed by atoms with Crippen LogP contribution in [0.1, 0.15) is 11.3 Å². The Bertz CT molecular complexity index is 590. The van der Waals surface area contributed by atoms with Crippen molar-refractivity contribution in [3.63, 3.8) is 0 Å². The lowest BCUT2D eigenvalue weighted by molar-refractivity contribution is -0.143. The maximum atomic E-state index is 12.6. The molecule has 116 valence electrons. The van der Waals surface area contributed by atoms with E-state index in [0.717, 1.165) is 16.3 Å². The van der Waals surface area contributed by atoms with Gasteiger partial charge in [0.25, 0.3) is 0 Å². The van der Waals surface area contributed by atoms with Crippen LogP contribution in [0.2, 0.25) is 0 Å². The van der Waals surface area contributed by atoms with Crippen molar-refractivity contribution in [3.8, 4) is 0 Å². The van der Waals surface area contributed by atoms with Gasteiger partial charge < -0.3 is 10.1 Å². The van der Waals surface area contributed by atoms with E-state index in [9.17, 15) is 13.2 Å². The van der Waals surface area contributed by atoms with Gasteiger partial charge in [-0.05, 0) is 0 Å². The zero-order valence-electron chi connectivity index (χ0n) is 11.7. The summed E-state index contributed by atoms with van der Waals surface area (Å²) in [5.41, 5.74) is 0.0612. The van der Waals surface area contributed by atoms with Crippen LogP contribution in [-0.4, -0.2) is 33.3 Å². The molecule has 0 atom stereocenters. The van der Waals surface area contributed by atoms with Crippen molar-refractivity contribution in [1.29, 1.82) is 0 Å². The highest BCUT2D eigenvalue weighted by atomic mass is 19.4. The summed E-state index contributed by atoms with van der Waals surface area (Å²) >= 11 is 0. The van der Waals surface area contributed by atoms with Gasteiger partial charge in [0.2, 0.25) is 0 Å². The summed E-state index contributed by atoms with van der Waals surface area (Å²) in [6.45, 7) is 1.52. The summed E-state index contributed by atoms with van der Waals surface area (Å²) in [5, 5.41) is 10.8. The van der Waals surface area contributed by atoms with E-state index in [-0.39, 0.29) is 5.82 Å². The van der Waals surface area contributed by atoms with Gasteiger partial charge in [-0.3, -0.25) is 9.36 Å². The average Bonchev–Trinajstić information content (AvgIpc) is 2.99. The number of aryl methyl sites for hydroxylation is 1. The van der Waals surface area contributed by atoms with Crippen molar-refractivity contribution in [3.05, 3.63) is 29.7 Å². The fourth-order valence-corrected chi connectivity index (χ4v) is 1.82. The predicted molar refractivity (Wildman–Crippen MR) is 69.6 cm³/mol. The first-order valence-electron chi connectivity index (χ1n) is 6.25. The van der Waals surface area contributed by atoms with E-state index in [1.807, 2.05) is 0 Å². The van der Waals surface area contributed by atoms with Gasteiger partial charge in [0.05, 0.1) is 19.3 Å². The highest BCUT2D eigenvalue weighted by Gasteiger charge is 2.34. The number of rotatable bonds is 6. The molecule has 0 amide bonds. The molecule has 0 aliphatic heterocycles. The summed E-state index contributed by atoms with van der Waals surface area (Å²) in [6.07, 6.45) is -0.956. The van der Waals surface area contributed by atoms with Gasteiger partial charge in [-0.2, -0.15) is 23.4 Å². The minimum atomic E-state index is -4.41. The number of hydrogen-bond donors (Lipinski definition) is 1. The molecule has 0 bridgehead atoms. The number of alkyl halides is 3. The smallest absolute Gasteiger partial charge is 0.383 e. The lowest BCUT2D eigenvalue weighted by atomic mass is 10.3. The van der Waals surface area contributed by atoms with Gasteiger partial charge >= 0.3 is 6.18 Å². The molecular weight excluding hydrogens is 287 g/mol. The Hall–Kier alpha value is -2.03. The second-order valence-electron chi connectivity index (χ2n) is 4.49. The highest BCUT2D eigenvalue weighted by molar-refractivity contribution is 5.37. The number of nitrogens with one attached hydrogen (secondary N) is 1. The molecule has 0 radical (unpaired) electrons. The monoisotopic (exact) mass is 303 g/mol. The highest BCUT2D eigenvalue weighted by Crippen LogP contribution is 2.30. The Morgan fingerprint density at radius 1 is 1.38 bits per heavy atom. The molecule has 2 aromatic heterocycles. The van der Waals surface area contributed by atoms with Crippen molar-refractivity contribution in [2.24, 2.45) is 7.05 Å². The van der Waals surface area contributed by atoms with Gasteiger partial charge in [0.15, 0.2) is 0 Å². The van der Waals surface area contributed by atoms with Crippen LogP contribution in [0.15, 0.2) is 18.5 Å². The van der Waals surface area contributed by atoms with Gasteiger partial charge in [0, 0.05) is 38.5 Å². The third-order valence-electron chi connectivity index (χ3n) is 2.86. The maximum Gasteiger partial charge on any atom is 0.433 e. The maximum absolute atomic E-state index is 12.6. The number of nitrogens with zero attached hydrogens (tertiary/aromatic N) is 4. The van der Waals surface area contributed by atoms with E-state index in [4.69, 9.17) is 4.74 Å². The van der Waals surface area contributed by atoms with Crippen LogP contribution in [0, 0.1) is 0 Å². The molecule has 0 fully saturated rings. The largest absolute Gasteiger partial charge is 0.433 e. The number of methoxy groups -OCH3 is 1. The van der Waals surface area contributed by atoms with Crippen molar-refractivity contribution in [1.82, 2.24) is 19.6 Å². The summed E-state index contributed by atoms with van der Waals surface area (Å²) in [4.78, 5) is 0. The zero-order valence-corrected chi connectivity index (χ0v) is 11.7. The minimum Gasteiger partial charge on any atom is -0.383 e. The molecule has 2 heterocycles. The number of anilines is 1. The SMILES string of the molecule is COCCn1cc(CNc2cc(C(F)(F)F)n(C)n2)cn1. The number of hydrogen-bond acceptors (Lipinski definition) is 4. The van der Waals surface area contributed by atoms with Crippen molar-refractivity contribution >= 4 is 5.82 Å². The van der Waals surface area contributed by atoms with E-state index < -0.39 is 11.9 Å². The molecule has 6 nitrogen and oxygen atoms in total. The van der Waals surface area contributed by atoms with E-state index in [1.54, 1.807) is 24.2 Å². The lowest BCUT2D eigenvalue weighted by Gasteiger charge is -2.04. The Morgan fingerprint density at radius 2 is 2.14 bits per heavy atom. The molecule has 0 saturated carbocycles. The number of ether oxygens (including phenoxy) is 1. The van der Waals surface area contributed by atoms with Crippen LogP contribution in [0.5, 0.6) is 0 Å². The van der Waals surface area contributed by atoms with E-state index in [2.05, 4.69) is 15.5 Å². The van der Waals surface area contributed by atoms with Gasteiger partial charge in [0.1, 0.15) is 11.5 Å². The normalized spacial score (nSPS) is 11.9. The molecule has 0 aromatic carbocycles. The van der Waals surface area contributed by atoms with Crippen LogP contribution in [-0.2, 0) is 31.1 Å². The summed E-state index contributed by atoms with van der Waals surface area (Å²) in [6, 6.07) is 0.981. The average molecular weight is 303 g/mol. The molecule has 0 aliphatic carbocycles. The van der Waals surface area contributed by atoms with Crippen LogP contribution in [0.4, 0.5) is 19.0 Å². The number of halogens is 3. The van der Waals surface area contributed by atoms with Crippen LogP contribution in [0.3, 0.4) is 0 Å². The molecule has 0 aliphatic rings. The Kier molecular flexibility index (Phi) is 4.51. The molecule has 0 spiro atoms. The fourth-order valence-electron chi connectivity index (χ4n) is 1.82. The summed E-state index contributed by atoms with van der Waals surface area (Å²) in [7, 11) is 2.86. The van der Waals surface area contributed by atoms with Crippen molar-refractivity contribution < 1.29 is 17.9 Å². The zero-order chi connectivity index (χ0) is 15.5. The molecule has 1 N–H and O–H groups in total. The van der Waals surface area contributed by atoms with Crippen molar-refractivity contribution in [2.75, 3.05) is 19.0 Å². The van der Waals surface area contributed by atoms with E-state index in [0.29, 0.717) is 19.7 Å². The Balaban J connectivity index is 1.95. The molecule has 2 aromatic rings. The first kappa shape index (κ1) is 15.4. The summed E-state index contributed by atoms with van der Waals surface area (Å²) < 4.78 is 45.4. The third-order valence-corrected chi connectivity index (χ3v) is 2.86. The first-order valence-corrected chi connectivity index (χ1v) is 6.25. The van der Waals surface area contributed by atoms with Crippen LogP contribution < -0.4 is 5.32 Å². The van der Waals surface area contributed by atoms with Gasteiger partial charge in [-0.25, -0.2) is 0 Å². The molecule has 0 saturated heterocycles. The molecule has 21 heavy (non-hydrogen) atoms. The van der Waals surface area contributed by atoms with E-state index >= 15 is 0 Å².